The Morgan fingerprint density at radius 3 is 2.40 bits per heavy atom. The van der Waals surface area contributed by atoms with Crippen molar-refractivity contribution in [3.63, 3.8) is 0 Å². The second-order valence-electron chi connectivity index (χ2n) is 8.92. The van der Waals surface area contributed by atoms with Gasteiger partial charge in [-0.1, -0.05) is 43.4 Å². The molecule has 2 heterocycles. The van der Waals surface area contributed by atoms with E-state index in [1.54, 1.807) is 33.0 Å². The molecule has 0 atom stereocenters. The summed E-state index contributed by atoms with van der Waals surface area (Å²) in [6.07, 6.45) is 0. The SMILES string of the molecule is Cc1ccc2nc(NC(=O)CN(c3ccc(C(C)C)cc3)S(=O)(=O)c3c(C)nn(C)c3C)sc2c1. The van der Waals surface area contributed by atoms with Gasteiger partial charge in [-0.3, -0.25) is 13.8 Å². The van der Waals surface area contributed by atoms with Crippen LogP contribution in [0.3, 0.4) is 0 Å². The fraction of sp³-hybridized carbons (Fsp3) is 0.320. The van der Waals surface area contributed by atoms with Gasteiger partial charge in [0.15, 0.2) is 5.13 Å². The fourth-order valence-corrected chi connectivity index (χ4v) is 6.76. The second-order valence-corrected chi connectivity index (χ2v) is 11.7. The van der Waals surface area contributed by atoms with Gasteiger partial charge in [0.25, 0.3) is 10.0 Å². The van der Waals surface area contributed by atoms with Crippen LogP contribution in [0, 0.1) is 20.8 Å². The summed E-state index contributed by atoms with van der Waals surface area (Å²) in [5.41, 5.74) is 4.26. The highest BCUT2D eigenvalue weighted by atomic mass is 32.2. The maximum atomic E-state index is 13.9. The van der Waals surface area contributed by atoms with Crippen molar-refractivity contribution >= 4 is 48.3 Å². The lowest BCUT2D eigenvalue weighted by molar-refractivity contribution is -0.114. The predicted octanol–water partition coefficient (Wildman–Crippen LogP) is 4.91. The van der Waals surface area contributed by atoms with Crippen LogP contribution in [0.2, 0.25) is 0 Å². The number of fused-ring (bicyclic) bond motifs is 1. The number of nitrogens with zero attached hydrogens (tertiary/aromatic N) is 4. The maximum absolute atomic E-state index is 13.9. The lowest BCUT2D eigenvalue weighted by Gasteiger charge is -2.24. The Kier molecular flexibility index (Phi) is 6.70. The summed E-state index contributed by atoms with van der Waals surface area (Å²) in [7, 11) is -2.37. The Bertz CT molecular complexity index is 1500. The number of benzene rings is 2. The van der Waals surface area contributed by atoms with E-state index in [4.69, 9.17) is 0 Å². The molecule has 8 nitrogen and oxygen atoms in total. The van der Waals surface area contributed by atoms with Gasteiger partial charge in [-0.15, -0.1) is 0 Å². The third kappa shape index (κ3) is 4.94. The molecule has 0 aliphatic carbocycles. The number of sulfonamides is 1. The van der Waals surface area contributed by atoms with Crippen LogP contribution in [-0.2, 0) is 21.9 Å². The lowest BCUT2D eigenvalue weighted by atomic mass is 10.0. The number of rotatable bonds is 7. The number of nitrogens with one attached hydrogen (secondary N) is 1. The largest absolute Gasteiger partial charge is 0.300 e. The molecule has 0 bridgehead atoms. The van der Waals surface area contributed by atoms with Gasteiger partial charge in [0.2, 0.25) is 5.91 Å². The third-order valence-corrected chi connectivity index (χ3v) is 8.88. The van der Waals surface area contributed by atoms with E-state index in [2.05, 4.69) is 29.2 Å². The van der Waals surface area contributed by atoms with E-state index in [9.17, 15) is 13.2 Å². The molecule has 0 aliphatic rings. The first kappa shape index (κ1) is 24.9. The van der Waals surface area contributed by atoms with Gasteiger partial charge in [0, 0.05) is 7.05 Å². The number of amides is 1. The zero-order valence-electron chi connectivity index (χ0n) is 20.7. The van der Waals surface area contributed by atoms with E-state index < -0.39 is 22.5 Å². The van der Waals surface area contributed by atoms with Crippen LogP contribution in [0.15, 0.2) is 47.4 Å². The van der Waals surface area contributed by atoms with Crippen molar-refractivity contribution < 1.29 is 13.2 Å². The van der Waals surface area contributed by atoms with E-state index >= 15 is 0 Å². The van der Waals surface area contributed by atoms with Gasteiger partial charge in [0.1, 0.15) is 11.4 Å². The Balaban J connectivity index is 1.69. The molecule has 0 aliphatic heterocycles. The van der Waals surface area contributed by atoms with Crippen molar-refractivity contribution in [2.24, 2.45) is 7.05 Å². The summed E-state index contributed by atoms with van der Waals surface area (Å²) >= 11 is 1.36. The number of carbonyl (C=O) groups is 1. The zero-order chi connectivity index (χ0) is 25.5. The number of hydrogen-bond acceptors (Lipinski definition) is 6. The molecule has 0 radical (unpaired) electrons. The Morgan fingerprint density at radius 2 is 1.80 bits per heavy atom. The summed E-state index contributed by atoms with van der Waals surface area (Å²) in [5.74, 6) is -0.181. The number of hydrogen-bond donors (Lipinski definition) is 1. The molecular weight excluding hydrogens is 482 g/mol. The van der Waals surface area contributed by atoms with Crippen LogP contribution in [0.4, 0.5) is 10.8 Å². The number of aromatic nitrogens is 3. The molecule has 35 heavy (non-hydrogen) atoms. The van der Waals surface area contributed by atoms with Crippen LogP contribution < -0.4 is 9.62 Å². The maximum Gasteiger partial charge on any atom is 0.268 e. The molecule has 2 aromatic heterocycles. The van der Waals surface area contributed by atoms with Gasteiger partial charge < -0.3 is 5.32 Å². The molecule has 4 aromatic rings. The molecule has 0 unspecified atom stereocenters. The molecule has 2 aromatic carbocycles. The van der Waals surface area contributed by atoms with Gasteiger partial charge in [0.05, 0.1) is 27.3 Å². The quantitative estimate of drug-likeness (QED) is 0.380. The summed E-state index contributed by atoms with van der Waals surface area (Å²) in [6.45, 7) is 9.09. The van der Waals surface area contributed by atoms with Gasteiger partial charge in [-0.2, -0.15) is 5.10 Å². The highest BCUT2D eigenvalue weighted by molar-refractivity contribution is 7.93. The first-order valence-electron chi connectivity index (χ1n) is 11.3. The molecule has 0 saturated heterocycles. The number of anilines is 2. The Morgan fingerprint density at radius 1 is 1.11 bits per heavy atom. The first-order valence-corrected chi connectivity index (χ1v) is 13.5. The molecular formula is C25H29N5O3S2. The smallest absolute Gasteiger partial charge is 0.268 e. The summed E-state index contributed by atoms with van der Waals surface area (Å²) < 4.78 is 31.3. The van der Waals surface area contributed by atoms with E-state index in [1.807, 2.05) is 37.3 Å². The average molecular weight is 512 g/mol. The average Bonchev–Trinajstić information content (AvgIpc) is 3.30. The van der Waals surface area contributed by atoms with Crippen molar-refractivity contribution in [1.82, 2.24) is 14.8 Å². The highest BCUT2D eigenvalue weighted by Crippen LogP contribution is 2.30. The number of aryl methyl sites for hydroxylation is 3. The van der Waals surface area contributed by atoms with Crippen LogP contribution >= 0.6 is 11.3 Å². The number of thiazole rings is 1. The van der Waals surface area contributed by atoms with Crippen molar-refractivity contribution in [3.8, 4) is 0 Å². The van der Waals surface area contributed by atoms with E-state index in [-0.39, 0.29) is 4.90 Å². The van der Waals surface area contributed by atoms with Crippen LogP contribution in [0.1, 0.15) is 42.3 Å². The second kappa shape index (κ2) is 9.43. The third-order valence-electron chi connectivity index (χ3n) is 5.92. The summed E-state index contributed by atoms with van der Waals surface area (Å²) in [6, 6.07) is 13.1. The molecule has 10 heteroatoms. The standard InChI is InChI=1S/C25H29N5O3S2/c1-15(2)19-8-10-20(11-9-19)30(35(32,33)24-17(4)28-29(6)18(24)5)14-23(31)27-25-26-21-12-7-16(3)13-22(21)34-25/h7-13,15H,14H2,1-6H3,(H,26,27,31). The minimum Gasteiger partial charge on any atom is -0.300 e. The van der Waals surface area contributed by atoms with Crippen LogP contribution in [0.5, 0.6) is 0 Å². The van der Waals surface area contributed by atoms with E-state index in [1.165, 1.54) is 16.0 Å². The fourth-order valence-electron chi connectivity index (χ4n) is 3.95. The predicted molar refractivity (Wildman–Crippen MR) is 141 cm³/mol. The Labute approximate surface area is 209 Å². The van der Waals surface area contributed by atoms with Crippen molar-refractivity contribution in [3.05, 3.63) is 65.0 Å². The minimum atomic E-state index is -4.07. The van der Waals surface area contributed by atoms with Crippen molar-refractivity contribution in [2.45, 2.75) is 45.4 Å². The highest BCUT2D eigenvalue weighted by Gasteiger charge is 2.32. The van der Waals surface area contributed by atoms with Crippen molar-refractivity contribution in [2.75, 3.05) is 16.2 Å². The van der Waals surface area contributed by atoms with Gasteiger partial charge in [-0.25, -0.2) is 13.4 Å². The van der Waals surface area contributed by atoms with Gasteiger partial charge in [-0.05, 0) is 62.1 Å². The topological polar surface area (TPSA) is 97.2 Å². The number of carbonyl (C=O) groups excluding carboxylic acids is 1. The molecule has 0 spiro atoms. The summed E-state index contributed by atoms with van der Waals surface area (Å²) in [5, 5.41) is 7.48. The van der Waals surface area contributed by atoms with E-state index in [0.29, 0.717) is 28.1 Å². The summed E-state index contributed by atoms with van der Waals surface area (Å²) in [4.78, 5) is 17.7. The normalized spacial score (nSPS) is 11.9. The Hall–Kier alpha value is -3.24. The van der Waals surface area contributed by atoms with Crippen LogP contribution in [-0.4, -0.2) is 35.6 Å². The molecule has 0 saturated carbocycles. The zero-order valence-corrected chi connectivity index (χ0v) is 22.3. The minimum absolute atomic E-state index is 0.108. The molecule has 4 rings (SSSR count). The first-order chi connectivity index (χ1) is 16.5. The van der Waals surface area contributed by atoms with Crippen LogP contribution in [0.25, 0.3) is 10.2 Å². The van der Waals surface area contributed by atoms with E-state index in [0.717, 1.165) is 25.6 Å². The van der Waals surface area contributed by atoms with Gasteiger partial charge >= 0.3 is 0 Å². The molecule has 0 fully saturated rings. The molecule has 184 valence electrons. The lowest BCUT2D eigenvalue weighted by Crippen LogP contribution is -2.38. The molecule has 1 amide bonds. The monoisotopic (exact) mass is 511 g/mol. The molecule has 1 N–H and O–H groups in total. The van der Waals surface area contributed by atoms with Crippen molar-refractivity contribution in [1.29, 1.82) is 0 Å².